The maximum Gasteiger partial charge on any atom is 0.219 e. The number of carbonyl (C=O) groups is 1. The van der Waals surface area contributed by atoms with E-state index in [9.17, 15) is 4.79 Å². The molecule has 0 spiro atoms. The Morgan fingerprint density at radius 3 is 2.52 bits per heavy atom. The minimum absolute atomic E-state index is 0.187. The van der Waals surface area contributed by atoms with Gasteiger partial charge in [-0.25, -0.2) is 0 Å². The van der Waals surface area contributed by atoms with E-state index in [1.165, 1.54) is 12.0 Å². The number of likely N-dealkylation sites (tertiary alicyclic amines) is 1. The average Bonchev–Trinajstić information content (AvgIpc) is 3.14. The molecule has 1 N–H and O–H groups in total. The standard InChI is InChI=1S/C21H33N5O/c1-18(27)25-14-12-24(13-15-25)11-9-23-21(22-2)26-10-8-20(17-26)16-19-6-4-3-5-7-19/h3-7,20H,8-17H2,1-2H3,(H,22,23). The molecule has 0 saturated carbocycles. The first-order valence-electron chi connectivity index (χ1n) is 10.1. The van der Waals surface area contributed by atoms with Crippen LogP contribution < -0.4 is 5.32 Å². The highest BCUT2D eigenvalue weighted by atomic mass is 16.2. The van der Waals surface area contributed by atoms with Gasteiger partial charge in [-0.05, 0) is 24.3 Å². The van der Waals surface area contributed by atoms with E-state index in [4.69, 9.17) is 0 Å². The number of guanidine groups is 1. The Labute approximate surface area is 163 Å². The van der Waals surface area contributed by atoms with Gasteiger partial charge < -0.3 is 15.1 Å². The summed E-state index contributed by atoms with van der Waals surface area (Å²) in [6.07, 6.45) is 2.37. The van der Waals surface area contributed by atoms with E-state index in [-0.39, 0.29) is 5.91 Å². The second-order valence-electron chi connectivity index (χ2n) is 7.61. The van der Waals surface area contributed by atoms with Crippen LogP contribution in [-0.4, -0.2) is 86.0 Å². The van der Waals surface area contributed by atoms with E-state index in [1.807, 2.05) is 11.9 Å². The quantitative estimate of drug-likeness (QED) is 0.626. The number of benzene rings is 1. The fourth-order valence-electron chi connectivity index (χ4n) is 4.08. The van der Waals surface area contributed by atoms with Crippen LogP contribution in [0.15, 0.2) is 35.3 Å². The first-order chi connectivity index (χ1) is 13.2. The van der Waals surface area contributed by atoms with Gasteiger partial charge in [0.1, 0.15) is 0 Å². The number of piperazine rings is 1. The van der Waals surface area contributed by atoms with Gasteiger partial charge in [0.25, 0.3) is 0 Å². The molecule has 0 radical (unpaired) electrons. The van der Waals surface area contributed by atoms with Crippen LogP contribution in [0.4, 0.5) is 0 Å². The average molecular weight is 372 g/mol. The minimum Gasteiger partial charge on any atom is -0.355 e. The lowest BCUT2D eigenvalue weighted by atomic mass is 9.99. The second-order valence-corrected chi connectivity index (χ2v) is 7.61. The summed E-state index contributed by atoms with van der Waals surface area (Å²) >= 11 is 0. The Balaban J connectivity index is 1.38. The molecular formula is C21H33N5O. The summed E-state index contributed by atoms with van der Waals surface area (Å²) < 4.78 is 0. The van der Waals surface area contributed by atoms with E-state index in [1.54, 1.807) is 6.92 Å². The van der Waals surface area contributed by atoms with Crippen LogP contribution in [0.1, 0.15) is 18.9 Å². The molecule has 27 heavy (non-hydrogen) atoms. The number of aliphatic imine (C=N–C) groups is 1. The summed E-state index contributed by atoms with van der Waals surface area (Å²) in [4.78, 5) is 22.6. The van der Waals surface area contributed by atoms with Gasteiger partial charge in [0, 0.05) is 66.3 Å². The molecular weight excluding hydrogens is 338 g/mol. The molecule has 2 heterocycles. The monoisotopic (exact) mass is 371 g/mol. The highest BCUT2D eigenvalue weighted by molar-refractivity contribution is 5.80. The van der Waals surface area contributed by atoms with Gasteiger partial charge in [-0.1, -0.05) is 30.3 Å². The van der Waals surface area contributed by atoms with Crippen molar-refractivity contribution in [3.8, 4) is 0 Å². The van der Waals surface area contributed by atoms with Gasteiger partial charge in [0.2, 0.25) is 5.91 Å². The first-order valence-corrected chi connectivity index (χ1v) is 10.1. The Bertz CT molecular complexity index is 625. The number of hydrogen-bond donors (Lipinski definition) is 1. The van der Waals surface area contributed by atoms with Crippen LogP contribution in [-0.2, 0) is 11.2 Å². The molecule has 1 atom stereocenters. The summed E-state index contributed by atoms with van der Waals surface area (Å²) in [5.74, 6) is 1.91. The Morgan fingerprint density at radius 2 is 1.85 bits per heavy atom. The molecule has 0 aromatic heterocycles. The van der Waals surface area contributed by atoms with Gasteiger partial charge in [-0.2, -0.15) is 0 Å². The van der Waals surface area contributed by atoms with Gasteiger partial charge in [0.15, 0.2) is 5.96 Å². The zero-order valence-corrected chi connectivity index (χ0v) is 16.7. The molecule has 1 amide bonds. The van der Waals surface area contributed by atoms with Crippen molar-refractivity contribution in [2.75, 3.05) is 59.4 Å². The van der Waals surface area contributed by atoms with Crippen LogP contribution in [0.2, 0.25) is 0 Å². The molecule has 2 saturated heterocycles. The number of amides is 1. The third-order valence-corrected chi connectivity index (χ3v) is 5.69. The van der Waals surface area contributed by atoms with Crippen LogP contribution in [0, 0.1) is 5.92 Å². The molecule has 0 bridgehead atoms. The molecule has 6 nitrogen and oxygen atoms in total. The largest absolute Gasteiger partial charge is 0.355 e. The van der Waals surface area contributed by atoms with Crippen LogP contribution in [0.3, 0.4) is 0 Å². The topological polar surface area (TPSA) is 51.2 Å². The lowest BCUT2D eigenvalue weighted by Crippen LogP contribution is -2.50. The van der Waals surface area contributed by atoms with E-state index in [0.717, 1.165) is 64.7 Å². The van der Waals surface area contributed by atoms with Crippen molar-refractivity contribution in [1.82, 2.24) is 20.0 Å². The highest BCUT2D eigenvalue weighted by Gasteiger charge is 2.25. The van der Waals surface area contributed by atoms with E-state index in [2.05, 4.69) is 50.4 Å². The number of carbonyl (C=O) groups excluding carboxylic acids is 1. The molecule has 0 aliphatic carbocycles. The fraction of sp³-hybridized carbons (Fsp3) is 0.619. The number of rotatable bonds is 5. The lowest BCUT2D eigenvalue weighted by molar-refractivity contribution is -0.130. The molecule has 6 heteroatoms. The van der Waals surface area contributed by atoms with Crippen molar-refractivity contribution in [2.45, 2.75) is 19.8 Å². The van der Waals surface area contributed by atoms with Gasteiger partial charge in [-0.3, -0.25) is 14.7 Å². The Morgan fingerprint density at radius 1 is 1.11 bits per heavy atom. The zero-order valence-electron chi connectivity index (χ0n) is 16.7. The molecule has 2 aliphatic rings. The predicted molar refractivity (Wildman–Crippen MR) is 110 cm³/mol. The third-order valence-electron chi connectivity index (χ3n) is 5.69. The number of nitrogens with one attached hydrogen (secondary N) is 1. The number of nitrogens with zero attached hydrogens (tertiary/aromatic N) is 4. The Hall–Kier alpha value is -2.08. The molecule has 1 aromatic carbocycles. The zero-order chi connectivity index (χ0) is 19.1. The van der Waals surface area contributed by atoms with Crippen LogP contribution >= 0.6 is 0 Å². The summed E-state index contributed by atoms with van der Waals surface area (Å²) in [5.41, 5.74) is 1.43. The smallest absolute Gasteiger partial charge is 0.219 e. The van der Waals surface area contributed by atoms with E-state index >= 15 is 0 Å². The molecule has 148 valence electrons. The fourth-order valence-corrected chi connectivity index (χ4v) is 4.08. The normalized spacial score (nSPS) is 21.6. The summed E-state index contributed by atoms with van der Waals surface area (Å²) in [6.45, 7) is 9.31. The number of hydrogen-bond acceptors (Lipinski definition) is 3. The van der Waals surface area contributed by atoms with Crippen LogP contribution in [0.25, 0.3) is 0 Å². The van der Waals surface area contributed by atoms with E-state index < -0.39 is 0 Å². The summed E-state index contributed by atoms with van der Waals surface area (Å²) in [7, 11) is 1.87. The summed E-state index contributed by atoms with van der Waals surface area (Å²) in [5, 5.41) is 3.53. The molecule has 2 fully saturated rings. The van der Waals surface area contributed by atoms with Crippen molar-refractivity contribution in [3.05, 3.63) is 35.9 Å². The van der Waals surface area contributed by atoms with Crippen molar-refractivity contribution in [1.29, 1.82) is 0 Å². The maximum atomic E-state index is 11.4. The van der Waals surface area contributed by atoms with Crippen LogP contribution in [0.5, 0.6) is 0 Å². The van der Waals surface area contributed by atoms with Crippen molar-refractivity contribution in [3.63, 3.8) is 0 Å². The van der Waals surface area contributed by atoms with E-state index in [0.29, 0.717) is 5.92 Å². The van der Waals surface area contributed by atoms with Gasteiger partial charge >= 0.3 is 0 Å². The summed E-state index contributed by atoms with van der Waals surface area (Å²) in [6, 6.07) is 10.8. The predicted octanol–water partition coefficient (Wildman–Crippen LogP) is 1.29. The first kappa shape index (κ1) is 19.7. The third kappa shape index (κ3) is 5.70. The Kier molecular flexibility index (Phi) is 7.10. The van der Waals surface area contributed by atoms with Crippen molar-refractivity contribution >= 4 is 11.9 Å². The second kappa shape index (κ2) is 9.74. The molecule has 2 aliphatic heterocycles. The molecule has 1 unspecified atom stereocenters. The van der Waals surface area contributed by atoms with Crippen molar-refractivity contribution < 1.29 is 4.79 Å². The molecule has 1 aromatic rings. The minimum atomic E-state index is 0.187. The SMILES string of the molecule is CN=C(NCCN1CCN(C(C)=O)CC1)N1CCC(Cc2ccccc2)C1. The van der Waals surface area contributed by atoms with Crippen molar-refractivity contribution in [2.24, 2.45) is 10.9 Å². The van der Waals surface area contributed by atoms with Gasteiger partial charge in [-0.15, -0.1) is 0 Å². The lowest BCUT2D eigenvalue weighted by Gasteiger charge is -2.34. The molecule has 3 rings (SSSR count). The van der Waals surface area contributed by atoms with Gasteiger partial charge in [0.05, 0.1) is 0 Å². The highest BCUT2D eigenvalue weighted by Crippen LogP contribution is 2.20. The maximum absolute atomic E-state index is 11.4.